The highest BCUT2D eigenvalue weighted by molar-refractivity contribution is 9.11. The van der Waals surface area contributed by atoms with Crippen molar-refractivity contribution in [2.24, 2.45) is 0 Å². The summed E-state index contributed by atoms with van der Waals surface area (Å²) in [5, 5.41) is 8.49. The maximum Gasteiger partial charge on any atom is 0.147 e. The summed E-state index contributed by atoms with van der Waals surface area (Å²) in [5.74, 6) is 0.769. The monoisotopic (exact) mass is 338 g/mol. The van der Waals surface area contributed by atoms with E-state index in [1.165, 1.54) is 0 Å². The maximum atomic E-state index is 8.49. The molecule has 0 spiro atoms. The average Bonchev–Trinajstić information content (AvgIpc) is 2.21. The molecule has 0 bridgehead atoms. The lowest BCUT2D eigenvalue weighted by atomic mass is 10.3. The zero-order valence-electron chi connectivity index (χ0n) is 8.08. The van der Waals surface area contributed by atoms with Crippen LogP contribution in [-0.2, 0) is 4.74 Å². The first-order valence-corrected chi connectivity index (χ1v) is 6.09. The van der Waals surface area contributed by atoms with Gasteiger partial charge in [0.2, 0.25) is 0 Å². The molecule has 1 N–H and O–H groups in total. The van der Waals surface area contributed by atoms with Crippen LogP contribution in [0.4, 0.5) is 0 Å². The van der Waals surface area contributed by atoms with Crippen molar-refractivity contribution in [3.05, 3.63) is 27.1 Å². The Kier molecular flexibility index (Phi) is 6.24. The summed E-state index contributed by atoms with van der Waals surface area (Å²) in [6.07, 6.45) is 0. The summed E-state index contributed by atoms with van der Waals surface area (Å²) in [5.41, 5.74) is 0. The van der Waals surface area contributed by atoms with E-state index in [-0.39, 0.29) is 6.61 Å². The first kappa shape index (κ1) is 13.0. The van der Waals surface area contributed by atoms with Crippen molar-refractivity contribution in [3.8, 4) is 5.75 Å². The molecule has 0 unspecified atom stereocenters. The number of benzene rings is 1. The molecule has 0 amide bonds. The van der Waals surface area contributed by atoms with Crippen molar-refractivity contribution in [2.75, 3.05) is 26.4 Å². The van der Waals surface area contributed by atoms with Gasteiger partial charge in [0.05, 0.1) is 28.8 Å². The normalized spacial score (nSPS) is 10.3. The molecule has 0 aromatic heterocycles. The topological polar surface area (TPSA) is 38.7 Å². The van der Waals surface area contributed by atoms with Gasteiger partial charge in [0.1, 0.15) is 12.4 Å². The molecule has 1 aromatic rings. The lowest BCUT2D eigenvalue weighted by molar-refractivity contribution is 0.0702. The number of aliphatic hydroxyl groups is 1. The van der Waals surface area contributed by atoms with Gasteiger partial charge in [0.15, 0.2) is 0 Å². The van der Waals surface area contributed by atoms with E-state index >= 15 is 0 Å². The van der Waals surface area contributed by atoms with Crippen LogP contribution in [0.1, 0.15) is 0 Å². The summed E-state index contributed by atoms with van der Waals surface area (Å²) < 4.78 is 12.4. The predicted molar refractivity (Wildman–Crippen MR) is 65.2 cm³/mol. The van der Waals surface area contributed by atoms with Gasteiger partial charge in [-0.1, -0.05) is 6.07 Å². The number of ether oxygens (including phenoxy) is 2. The van der Waals surface area contributed by atoms with Gasteiger partial charge in [0.25, 0.3) is 0 Å². The van der Waals surface area contributed by atoms with Gasteiger partial charge in [0, 0.05) is 0 Å². The third-order valence-electron chi connectivity index (χ3n) is 1.63. The number of para-hydroxylation sites is 1. The van der Waals surface area contributed by atoms with Crippen LogP contribution in [0.15, 0.2) is 27.1 Å². The molecular formula is C10H12Br2O3. The first-order chi connectivity index (χ1) is 7.25. The van der Waals surface area contributed by atoms with Crippen molar-refractivity contribution in [1.82, 2.24) is 0 Å². The van der Waals surface area contributed by atoms with Gasteiger partial charge in [-0.2, -0.15) is 0 Å². The minimum Gasteiger partial charge on any atom is -0.489 e. The van der Waals surface area contributed by atoms with E-state index in [0.29, 0.717) is 19.8 Å². The fourth-order valence-electron chi connectivity index (χ4n) is 0.990. The van der Waals surface area contributed by atoms with Crippen LogP contribution in [0.2, 0.25) is 0 Å². The molecule has 15 heavy (non-hydrogen) atoms. The van der Waals surface area contributed by atoms with Crippen molar-refractivity contribution in [2.45, 2.75) is 0 Å². The number of hydrogen-bond acceptors (Lipinski definition) is 3. The van der Waals surface area contributed by atoms with Crippen LogP contribution in [0.5, 0.6) is 5.75 Å². The SMILES string of the molecule is OCCOCCOc1c(Br)cccc1Br. The first-order valence-electron chi connectivity index (χ1n) is 4.51. The van der Waals surface area contributed by atoms with E-state index in [2.05, 4.69) is 31.9 Å². The average molecular weight is 340 g/mol. The molecule has 0 atom stereocenters. The van der Waals surface area contributed by atoms with Crippen LogP contribution < -0.4 is 4.74 Å². The molecule has 0 saturated heterocycles. The molecule has 0 radical (unpaired) electrons. The van der Waals surface area contributed by atoms with Crippen molar-refractivity contribution in [1.29, 1.82) is 0 Å². The standard InChI is InChI=1S/C10H12Br2O3/c11-8-2-1-3-9(12)10(8)15-7-6-14-5-4-13/h1-3,13H,4-7H2. The Morgan fingerprint density at radius 2 is 1.73 bits per heavy atom. The van der Waals surface area contributed by atoms with E-state index in [4.69, 9.17) is 14.6 Å². The number of halogens is 2. The zero-order valence-corrected chi connectivity index (χ0v) is 11.3. The second kappa shape index (κ2) is 7.22. The molecular weight excluding hydrogens is 328 g/mol. The Morgan fingerprint density at radius 3 is 2.33 bits per heavy atom. The zero-order chi connectivity index (χ0) is 11.1. The second-order valence-corrected chi connectivity index (χ2v) is 4.44. The van der Waals surface area contributed by atoms with Gasteiger partial charge in [-0.3, -0.25) is 0 Å². The van der Waals surface area contributed by atoms with Gasteiger partial charge >= 0.3 is 0 Å². The van der Waals surface area contributed by atoms with Crippen molar-refractivity contribution in [3.63, 3.8) is 0 Å². The number of hydrogen-bond donors (Lipinski definition) is 1. The highest BCUT2D eigenvalue weighted by Gasteiger charge is 2.04. The Bertz CT molecular complexity index is 284. The smallest absolute Gasteiger partial charge is 0.147 e. The van der Waals surface area contributed by atoms with Crippen LogP contribution in [-0.4, -0.2) is 31.5 Å². The summed E-state index contributed by atoms with van der Waals surface area (Å²) in [7, 11) is 0. The van der Waals surface area contributed by atoms with Crippen molar-refractivity contribution >= 4 is 31.9 Å². The molecule has 3 nitrogen and oxygen atoms in total. The van der Waals surface area contributed by atoms with E-state index < -0.39 is 0 Å². The highest BCUT2D eigenvalue weighted by Crippen LogP contribution is 2.32. The lowest BCUT2D eigenvalue weighted by Crippen LogP contribution is -2.09. The van der Waals surface area contributed by atoms with E-state index in [0.717, 1.165) is 14.7 Å². The molecule has 1 rings (SSSR count). The molecule has 0 aliphatic carbocycles. The molecule has 84 valence electrons. The molecule has 0 aliphatic heterocycles. The fraction of sp³-hybridized carbons (Fsp3) is 0.400. The van der Waals surface area contributed by atoms with Gasteiger partial charge in [-0.15, -0.1) is 0 Å². The number of aliphatic hydroxyl groups excluding tert-OH is 1. The predicted octanol–water partition coefficient (Wildman–Crippen LogP) is 2.60. The molecule has 0 saturated carbocycles. The third-order valence-corrected chi connectivity index (χ3v) is 2.88. The van der Waals surface area contributed by atoms with Gasteiger partial charge in [-0.05, 0) is 44.0 Å². The van der Waals surface area contributed by atoms with Crippen LogP contribution in [0.25, 0.3) is 0 Å². The van der Waals surface area contributed by atoms with E-state index in [1.54, 1.807) is 0 Å². The second-order valence-electron chi connectivity index (χ2n) is 2.74. The van der Waals surface area contributed by atoms with Crippen LogP contribution in [0.3, 0.4) is 0 Å². The largest absolute Gasteiger partial charge is 0.489 e. The quantitative estimate of drug-likeness (QED) is 0.810. The molecule has 1 aromatic carbocycles. The third kappa shape index (κ3) is 4.51. The van der Waals surface area contributed by atoms with Gasteiger partial charge in [-0.25, -0.2) is 0 Å². The highest BCUT2D eigenvalue weighted by atomic mass is 79.9. The molecule has 0 fully saturated rings. The minimum absolute atomic E-state index is 0.0404. The maximum absolute atomic E-state index is 8.49. The fourth-order valence-corrected chi connectivity index (χ4v) is 2.22. The lowest BCUT2D eigenvalue weighted by Gasteiger charge is -2.09. The molecule has 5 heteroatoms. The van der Waals surface area contributed by atoms with Crippen LogP contribution >= 0.6 is 31.9 Å². The Hall–Kier alpha value is -0.100. The van der Waals surface area contributed by atoms with Crippen molar-refractivity contribution < 1.29 is 14.6 Å². The van der Waals surface area contributed by atoms with E-state index in [9.17, 15) is 0 Å². The minimum atomic E-state index is 0.0404. The summed E-state index contributed by atoms with van der Waals surface area (Å²) in [6.45, 7) is 1.31. The van der Waals surface area contributed by atoms with Gasteiger partial charge < -0.3 is 14.6 Å². The summed E-state index contributed by atoms with van der Waals surface area (Å²) in [6, 6.07) is 5.74. The molecule has 0 aliphatic rings. The Labute approximate surface area is 106 Å². The van der Waals surface area contributed by atoms with Crippen LogP contribution in [0, 0.1) is 0 Å². The summed E-state index contributed by atoms with van der Waals surface area (Å²) >= 11 is 6.79. The van der Waals surface area contributed by atoms with E-state index in [1.807, 2.05) is 18.2 Å². The Morgan fingerprint density at radius 1 is 1.07 bits per heavy atom. The Balaban J connectivity index is 2.37. The summed E-state index contributed by atoms with van der Waals surface area (Å²) in [4.78, 5) is 0. The molecule has 0 heterocycles. The number of rotatable bonds is 6.